The van der Waals surface area contributed by atoms with E-state index in [0.29, 0.717) is 5.13 Å². The van der Waals surface area contributed by atoms with E-state index in [2.05, 4.69) is 15.5 Å². The number of urea groups is 1. The van der Waals surface area contributed by atoms with E-state index in [1.165, 1.54) is 21.8 Å². The van der Waals surface area contributed by atoms with Gasteiger partial charge in [-0.05, 0) is 5.56 Å². The number of nitrogens with one attached hydrogen (secondary N) is 1. The van der Waals surface area contributed by atoms with Crippen molar-refractivity contribution in [3.05, 3.63) is 35.9 Å². The molecule has 0 spiro atoms. The fourth-order valence-electron chi connectivity index (χ4n) is 1.80. The molecule has 1 aromatic heterocycles. The van der Waals surface area contributed by atoms with E-state index >= 15 is 0 Å². The lowest BCUT2D eigenvalue weighted by Crippen LogP contribution is -2.36. The molecule has 2 N–H and O–H groups in total. The maximum absolute atomic E-state index is 12.0. The zero-order chi connectivity index (χ0) is 17.5. The summed E-state index contributed by atoms with van der Waals surface area (Å²) in [6.45, 7) is 1.67. The minimum atomic E-state index is -0.940. The van der Waals surface area contributed by atoms with Gasteiger partial charge in [-0.3, -0.25) is 10.1 Å². The lowest BCUT2D eigenvalue weighted by molar-refractivity contribution is -0.141. The standard InChI is InChI=1S/C15H18N4O3S2/c1-10(12(20)21)8-19(2)14(22)16-13-17-18-15(24-13)23-9-11-6-4-3-5-7-11/h3-7,10H,8-9H2,1-2H3,(H,20,21)(H,16,17,22). The molecule has 0 aliphatic carbocycles. The van der Waals surface area contributed by atoms with Crippen molar-refractivity contribution in [2.75, 3.05) is 18.9 Å². The minimum absolute atomic E-state index is 0.121. The van der Waals surface area contributed by atoms with Crippen LogP contribution in [0.15, 0.2) is 34.7 Å². The first-order chi connectivity index (χ1) is 11.5. The highest BCUT2D eigenvalue weighted by molar-refractivity contribution is 8.00. The molecule has 1 aromatic carbocycles. The van der Waals surface area contributed by atoms with Crippen LogP contribution in [0.3, 0.4) is 0 Å². The SMILES string of the molecule is CC(CN(C)C(=O)Nc1nnc(SCc2ccccc2)s1)C(=O)O. The molecule has 0 fully saturated rings. The van der Waals surface area contributed by atoms with Crippen molar-refractivity contribution in [2.45, 2.75) is 17.0 Å². The Labute approximate surface area is 148 Å². The maximum Gasteiger partial charge on any atom is 0.323 e. The van der Waals surface area contributed by atoms with Crippen LogP contribution in [-0.4, -0.2) is 45.8 Å². The monoisotopic (exact) mass is 366 g/mol. The van der Waals surface area contributed by atoms with E-state index in [-0.39, 0.29) is 6.54 Å². The van der Waals surface area contributed by atoms with Crippen molar-refractivity contribution in [1.82, 2.24) is 15.1 Å². The number of nitrogens with zero attached hydrogens (tertiary/aromatic N) is 3. The van der Waals surface area contributed by atoms with Crippen LogP contribution >= 0.6 is 23.1 Å². The molecule has 2 aromatic rings. The van der Waals surface area contributed by atoms with Gasteiger partial charge in [-0.25, -0.2) is 4.79 Å². The van der Waals surface area contributed by atoms with Gasteiger partial charge in [0.15, 0.2) is 4.34 Å². The zero-order valence-corrected chi connectivity index (χ0v) is 14.9. The summed E-state index contributed by atoms with van der Waals surface area (Å²) in [5.74, 6) is -0.795. The Hall–Kier alpha value is -2.13. The van der Waals surface area contributed by atoms with Gasteiger partial charge in [0.25, 0.3) is 0 Å². The fraction of sp³-hybridized carbons (Fsp3) is 0.333. The molecular formula is C15H18N4O3S2. The van der Waals surface area contributed by atoms with Crippen LogP contribution < -0.4 is 5.32 Å². The summed E-state index contributed by atoms with van der Waals surface area (Å²) in [4.78, 5) is 24.2. The van der Waals surface area contributed by atoms with Crippen molar-refractivity contribution in [1.29, 1.82) is 0 Å². The van der Waals surface area contributed by atoms with Crippen LogP contribution in [-0.2, 0) is 10.5 Å². The number of carboxylic acid groups (broad SMARTS) is 1. The van der Waals surface area contributed by atoms with E-state index in [4.69, 9.17) is 5.11 Å². The first kappa shape index (κ1) is 18.2. The number of aliphatic carboxylic acids is 1. The Bertz CT molecular complexity index is 693. The molecular weight excluding hydrogens is 348 g/mol. The summed E-state index contributed by atoms with van der Waals surface area (Å²) >= 11 is 2.84. The second-order valence-corrected chi connectivity index (χ2v) is 7.40. The molecule has 0 aliphatic rings. The van der Waals surface area contributed by atoms with Crippen molar-refractivity contribution in [3.8, 4) is 0 Å². The molecule has 0 radical (unpaired) electrons. The summed E-state index contributed by atoms with van der Waals surface area (Å²) in [6, 6.07) is 9.60. The summed E-state index contributed by atoms with van der Waals surface area (Å²) in [6.07, 6.45) is 0. The number of carbonyl (C=O) groups is 2. The molecule has 24 heavy (non-hydrogen) atoms. The summed E-state index contributed by atoms with van der Waals surface area (Å²) in [5.41, 5.74) is 1.19. The Balaban J connectivity index is 1.84. The van der Waals surface area contributed by atoms with Crippen LogP contribution in [0.5, 0.6) is 0 Å². The van der Waals surface area contributed by atoms with Gasteiger partial charge in [-0.15, -0.1) is 10.2 Å². The fourth-order valence-corrected chi connectivity index (χ4v) is 3.49. The quantitative estimate of drug-likeness (QED) is 0.578. The number of carboxylic acids is 1. The largest absolute Gasteiger partial charge is 0.481 e. The number of carbonyl (C=O) groups excluding carboxylic acids is 1. The lowest BCUT2D eigenvalue weighted by Gasteiger charge is -2.18. The second kappa shape index (κ2) is 8.65. The molecule has 1 atom stereocenters. The van der Waals surface area contributed by atoms with Crippen LogP contribution in [0.25, 0.3) is 0 Å². The van der Waals surface area contributed by atoms with Crippen LogP contribution in [0, 0.1) is 5.92 Å². The van der Waals surface area contributed by atoms with Gasteiger partial charge in [-0.2, -0.15) is 0 Å². The van der Waals surface area contributed by atoms with Crippen molar-refractivity contribution in [2.24, 2.45) is 5.92 Å². The molecule has 9 heteroatoms. The number of rotatable bonds is 7. The van der Waals surface area contributed by atoms with E-state index in [1.807, 2.05) is 30.3 Å². The predicted molar refractivity (Wildman–Crippen MR) is 94.4 cm³/mol. The Morgan fingerprint density at radius 2 is 2.04 bits per heavy atom. The van der Waals surface area contributed by atoms with E-state index < -0.39 is 17.9 Å². The number of hydrogen-bond acceptors (Lipinski definition) is 6. The molecule has 0 saturated heterocycles. The summed E-state index contributed by atoms with van der Waals surface area (Å²) in [7, 11) is 1.54. The number of amides is 2. The van der Waals surface area contributed by atoms with Crippen LogP contribution in [0.1, 0.15) is 12.5 Å². The summed E-state index contributed by atoms with van der Waals surface area (Å²) < 4.78 is 0.760. The van der Waals surface area contributed by atoms with Crippen molar-refractivity contribution in [3.63, 3.8) is 0 Å². The van der Waals surface area contributed by atoms with Crippen LogP contribution in [0.4, 0.5) is 9.93 Å². The molecule has 0 saturated carbocycles. The molecule has 0 bridgehead atoms. The highest BCUT2D eigenvalue weighted by Crippen LogP contribution is 2.28. The van der Waals surface area contributed by atoms with Gasteiger partial charge in [-0.1, -0.05) is 60.4 Å². The third-order valence-corrected chi connectivity index (χ3v) is 5.18. The average Bonchev–Trinajstić information content (AvgIpc) is 3.01. The van der Waals surface area contributed by atoms with Crippen molar-refractivity contribution < 1.29 is 14.7 Å². The van der Waals surface area contributed by atoms with E-state index in [1.54, 1.807) is 25.7 Å². The molecule has 1 heterocycles. The van der Waals surface area contributed by atoms with Crippen LogP contribution in [0.2, 0.25) is 0 Å². The smallest absolute Gasteiger partial charge is 0.323 e. The predicted octanol–water partition coefficient (Wildman–Crippen LogP) is 3.01. The highest BCUT2D eigenvalue weighted by Gasteiger charge is 2.18. The first-order valence-corrected chi connectivity index (χ1v) is 9.01. The van der Waals surface area contributed by atoms with Gasteiger partial charge < -0.3 is 10.0 Å². The van der Waals surface area contributed by atoms with Crippen molar-refractivity contribution >= 4 is 40.2 Å². The van der Waals surface area contributed by atoms with E-state index in [0.717, 1.165) is 10.1 Å². The van der Waals surface area contributed by atoms with Gasteiger partial charge in [0.05, 0.1) is 5.92 Å². The number of hydrogen-bond donors (Lipinski definition) is 2. The average molecular weight is 366 g/mol. The zero-order valence-electron chi connectivity index (χ0n) is 13.3. The Kier molecular flexibility index (Phi) is 6.56. The molecule has 7 nitrogen and oxygen atoms in total. The first-order valence-electron chi connectivity index (χ1n) is 7.21. The molecule has 0 aliphatic heterocycles. The molecule has 1 unspecified atom stereocenters. The second-order valence-electron chi connectivity index (χ2n) is 5.20. The third-order valence-electron chi connectivity index (χ3n) is 3.14. The van der Waals surface area contributed by atoms with Gasteiger partial charge >= 0.3 is 12.0 Å². The van der Waals surface area contributed by atoms with E-state index in [9.17, 15) is 9.59 Å². The normalized spacial score (nSPS) is 11.8. The number of benzene rings is 1. The van der Waals surface area contributed by atoms with Gasteiger partial charge in [0, 0.05) is 19.3 Å². The number of aromatic nitrogens is 2. The number of anilines is 1. The maximum atomic E-state index is 12.0. The molecule has 128 valence electrons. The highest BCUT2D eigenvalue weighted by atomic mass is 32.2. The topological polar surface area (TPSA) is 95.4 Å². The third kappa shape index (κ3) is 5.50. The summed E-state index contributed by atoms with van der Waals surface area (Å²) in [5, 5.41) is 19.9. The van der Waals surface area contributed by atoms with Gasteiger partial charge in [0.2, 0.25) is 5.13 Å². The Morgan fingerprint density at radius 3 is 2.71 bits per heavy atom. The van der Waals surface area contributed by atoms with Gasteiger partial charge in [0.1, 0.15) is 0 Å². The number of thioether (sulfide) groups is 1. The minimum Gasteiger partial charge on any atom is -0.481 e. The lowest BCUT2D eigenvalue weighted by atomic mass is 10.2. The Morgan fingerprint density at radius 1 is 1.33 bits per heavy atom. The molecule has 2 rings (SSSR count). The molecule has 2 amide bonds.